The summed E-state index contributed by atoms with van der Waals surface area (Å²) in [6.07, 6.45) is 7.01. The molecule has 1 saturated carbocycles. The van der Waals surface area contributed by atoms with E-state index in [1.807, 2.05) is 0 Å². The summed E-state index contributed by atoms with van der Waals surface area (Å²) in [7, 11) is 0. The smallest absolute Gasteiger partial charge is 0.0879 e. The first-order valence-electron chi connectivity index (χ1n) is 9.53. The van der Waals surface area contributed by atoms with E-state index in [1.165, 1.54) is 28.0 Å². The number of oxime groups is 1. The molecule has 0 bridgehead atoms. The van der Waals surface area contributed by atoms with Crippen LogP contribution in [0.1, 0.15) is 44.6 Å². The molecule has 1 aromatic carbocycles. The lowest BCUT2D eigenvalue weighted by Crippen LogP contribution is -2.33. The summed E-state index contributed by atoms with van der Waals surface area (Å²) >= 11 is 0. The zero-order valence-corrected chi connectivity index (χ0v) is 15.4. The van der Waals surface area contributed by atoms with Gasteiger partial charge in [-0.1, -0.05) is 47.6 Å². The van der Waals surface area contributed by atoms with Gasteiger partial charge in [0.05, 0.1) is 24.1 Å². The Morgan fingerprint density at radius 2 is 2.00 bits per heavy atom. The van der Waals surface area contributed by atoms with Crippen LogP contribution in [-0.2, 0) is 0 Å². The van der Waals surface area contributed by atoms with Gasteiger partial charge in [0.25, 0.3) is 0 Å². The number of fused-ring (bicyclic) bond motifs is 1. The van der Waals surface area contributed by atoms with Crippen LogP contribution in [0.3, 0.4) is 0 Å². The Kier molecular flexibility index (Phi) is 4.58. The molecule has 0 amide bonds. The third kappa shape index (κ3) is 2.94. The number of nitrogens with zero attached hydrogens (tertiary/aromatic N) is 2. The fourth-order valence-corrected chi connectivity index (χ4v) is 4.67. The molecule has 1 aliphatic carbocycles. The fourth-order valence-electron chi connectivity index (χ4n) is 4.67. The lowest BCUT2D eigenvalue weighted by Gasteiger charge is -2.31. The van der Waals surface area contributed by atoms with Gasteiger partial charge in [-0.15, -0.1) is 0 Å². The van der Waals surface area contributed by atoms with Crippen molar-refractivity contribution in [2.24, 2.45) is 11.1 Å². The molecular formula is C22H27N3O. The van der Waals surface area contributed by atoms with Crippen LogP contribution in [0.25, 0.3) is 5.57 Å². The molecule has 2 N–H and O–H groups in total. The van der Waals surface area contributed by atoms with Crippen molar-refractivity contribution in [3.05, 3.63) is 65.5 Å². The van der Waals surface area contributed by atoms with Gasteiger partial charge >= 0.3 is 0 Å². The van der Waals surface area contributed by atoms with Gasteiger partial charge < -0.3 is 15.4 Å². The summed E-state index contributed by atoms with van der Waals surface area (Å²) in [5, 5.41) is 15.8. The summed E-state index contributed by atoms with van der Waals surface area (Å²) in [5.41, 5.74) is 7.72. The van der Waals surface area contributed by atoms with Crippen molar-refractivity contribution < 1.29 is 5.21 Å². The zero-order valence-electron chi connectivity index (χ0n) is 15.4. The van der Waals surface area contributed by atoms with Crippen molar-refractivity contribution in [2.75, 3.05) is 6.67 Å². The molecule has 4 rings (SSSR count). The Labute approximate surface area is 155 Å². The maximum Gasteiger partial charge on any atom is 0.0879 e. The SMILES string of the molecule is C=C(CC1C(c2ccccc2)=C(C)C2=CNCN21)C1CCC(=NO)CC1. The first-order valence-corrected chi connectivity index (χ1v) is 9.53. The molecule has 136 valence electrons. The molecule has 1 atom stereocenters. The lowest BCUT2D eigenvalue weighted by atomic mass is 9.80. The van der Waals surface area contributed by atoms with Gasteiger partial charge in [0.2, 0.25) is 0 Å². The average Bonchev–Trinajstić information content (AvgIpc) is 3.26. The number of nitrogens with one attached hydrogen (secondary N) is 1. The van der Waals surface area contributed by atoms with Crippen molar-refractivity contribution in [1.82, 2.24) is 10.2 Å². The van der Waals surface area contributed by atoms with Crippen LogP contribution in [0.15, 0.2) is 65.1 Å². The van der Waals surface area contributed by atoms with E-state index < -0.39 is 0 Å². The molecule has 3 aliphatic rings. The molecular weight excluding hydrogens is 322 g/mol. The largest absolute Gasteiger partial charge is 0.411 e. The third-order valence-corrected chi connectivity index (χ3v) is 6.13. The normalized spacial score (nSPS) is 25.0. The second-order valence-corrected chi connectivity index (χ2v) is 7.58. The van der Waals surface area contributed by atoms with Crippen molar-refractivity contribution in [3.8, 4) is 0 Å². The van der Waals surface area contributed by atoms with E-state index in [9.17, 15) is 0 Å². The minimum absolute atomic E-state index is 0.346. The first-order chi connectivity index (χ1) is 12.7. The molecule has 0 spiro atoms. The average molecular weight is 349 g/mol. The number of rotatable bonds is 4. The van der Waals surface area contributed by atoms with Crippen molar-refractivity contribution in [3.63, 3.8) is 0 Å². The van der Waals surface area contributed by atoms with Gasteiger partial charge in [0, 0.05) is 6.20 Å². The summed E-state index contributed by atoms with van der Waals surface area (Å²) in [6.45, 7) is 7.57. The molecule has 1 fully saturated rings. The highest BCUT2D eigenvalue weighted by Crippen LogP contribution is 2.44. The van der Waals surface area contributed by atoms with Crippen LogP contribution in [0.2, 0.25) is 0 Å². The van der Waals surface area contributed by atoms with E-state index in [0.29, 0.717) is 12.0 Å². The van der Waals surface area contributed by atoms with Gasteiger partial charge in [-0.05, 0) is 61.7 Å². The van der Waals surface area contributed by atoms with Crippen molar-refractivity contribution in [2.45, 2.75) is 45.1 Å². The molecule has 2 heterocycles. The number of hydrogen-bond donors (Lipinski definition) is 2. The van der Waals surface area contributed by atoms with E-state index >= 15 is 0 Å². The summed E-state index contributed by atoms with van der Waals surface area (Å²) in [4.78, 5) is 2.48. The zero-order chi connectivity index (χ0) is 18.1. The molecule has 4 heteroatoms. The summed E-state index contributed by atoms with van der Waals surface area (Å²) in [6, 6.07) is 11.1. The highest BCUT2D eigenvalue weighted by Gasteiger charge is 2.37. The van der Waals surface area contributed by atoms with E-state index in [4.69, 9.17) is 5.21 Å². The van der Waals surface area contributed by atoms with Crippen LogP contribution in [0.5, 0.6) is 0 Å². The predicted octanol–water partition coefficient (Wildman–Crippen LogP) is 4.51. The Morgan fingerprint density at radius 1 is 1.27 bits per heavy atom. The maximum absolute atomic E-state index is 8.98. The molecule has 2 aliphatic heterocycles. The quantitative estimate of drug-likeness (QED) is 0.477. The monoisotopic (exact) mass is 349 g/mol. The van der Waals surface area contributed by atoms with Crippen LogP contribution in [-0.4, -0.2) is 28.5 Å². The van der Waals surface area contributed by atoms with Crippen LogP contribution in [0.4, 0.5) is 0 Å². The molecule has 0 radical (unpaired) electrons. The van der Waals surface area contributed by atoms with Gasteiger partial charge in [0.15, 0.2) is 0 Å². The molecule has 26 heavy (non-hydrogen) atoms. The molecule has 4 nitrogen and oxygen atoms in total. The summed E-state index contributed by atoms with van der Waals surface area (Å²) in [5.74, 6) is 0.529. The van der Waals surface area contributed by atoms with Crippen molar-refractivity contribution >= 4 is 11.3 Å². The van der Waals surface area contributed by atoms with E-state index in [-0.39, 0.29) is 0 Å². The van der Waals surface area contributed by atoms with Crippen molar-refractivity contribution in [1.29, 1.82) is 0 Å². The van der Waals surface area contributed by atoms with Gasteiger partial charge in [0.1, 0.15) is 0 Å². The van der Waals surface area contributed by atoms with Crippen LogP contribution < -0.4 is 5.32 Å². The lowest BCUT2D eigenvalue weighted by molar-refractivity contribution is 0.309. The number of benzene rings is 1. The fraction of sp³-hybridized carbons (Fsp3) is 0.409. The first kappa shape index (κ1) is 17.0. The Morgan fingerprint density at radius 3 is 2.69 bits per heavy atom. The van der Waals surface area contributed by atoms with Gasteiger partial charge in [-0.25, -0.2) is 0 Å². The number of hydrogen-bond acceptors (Lipinski definition) is 4. The standard InChI is InChI=1S/C22H27N3O/c1-15(17-8-10-19(24-26)11-9-17)12-20-22(18-6-4-3-5-7-18)16(2)21-13-23-14-25(20)21/h3-7,13,17,20,23,26H,1,8-12,14H2,2H3. The molecule has 0 saturated heterocycles. The third-order valence-electron chi connectivity index (χ3n) is 6.13. The highest BCUT2D eigenvalue weighted by molar-refractivity contribution is 5.84. The molecule has 1 unspecified atom stereocenters. The second kappa shape index (κ2) is 7.02. The Hall–Kier alpha value is -2.49. The van der Waals surface area contributed by atoms with Crippen LogP contribution in [0, 0.1) is 5.92 Å². The Balaban J connectivity index is 1.56. The minimum Gasteiger partial charge on any atom is -0.411 e. The number of allylic oxidation sites excluding steroid dienone is 1. The minimum atomic E-state index is 0.346. The summed E-state index contributed by atoms with van der Waals surface area (Å²) < 4.78 is 0. The van der Waals surface area contributed by atoms with E-state index in [2.05, 4.69) is 65.4 Å². The maximum atomic E-state index is 8.98. The Bertz CT molecular complexity index is 781. The van der Waals surface area contributed by atoms with Gasteiger partial charge in [-0.3, -0.25) is 0 Å². The topological polar surface area (TPSA) is 47.9 Å². The van der Waals surface area contributed by atoms with E-state index in [0.717, 1.165) is 44.5 Å². The van der Waals surface area contributed by atoms with Gasteiger partial charge in [-0.2, -0.15) is 0 Å². The van der Waals surface area contributed by atoms with E-state index in [1.54, 1.807) is 0 Å². The predicted molar refractivity (Wildman–Crippen MR) is 106 cm³/mol. The molecule has 0 aromatic heterocycles. The van der Waals surface area contributed by atoms with Crippen LogP contribution >= 0.6 is 0 Å². The highest BCUT2D eigenvalue weighted by atomic mass is 16.4. The molecule has 1 aromatic rings. The second-order valence-electron chi connectivity index (χ2n) is 7.58.